The average Bonchev–Trinajstić information content (AvgIpc) is 2.41. The highest BCUT2D eigenvalue weighted by atomic mass is 79.9. The number of halogens is 1. The van der Waals surface area contributed by atoms with Crippen LogP contribution >= 0.6 is 15.9 Å². The fourth-order valence-corrected chi connectivity index (χ4v) is 3.38. The molecule has 1 aliphatic carbocycles. The Balaban J connectivity index is 2.14. The Morgan fingerprint density at radius 3 is 2.53 bits per heavy atom. The van der Waals surface area contributed by atoms with Gasteiger partial charge in [-0.1, -0.05) is 13.8 Å². The number of rotatable bonds is 5. The smallest absolute Gasteiger partial charge is 0.134 e. The lowest BCUT2D eigenvalue weighted by Gasteiger charge is -2.52. The zero-order valence-electron chi connectivity index (χ0n) is 11.6. The minimum atomic E-state index is -0.246. The molecule has 4 heteroatoms. The first-order valence-electron chi connectivity index (χ1n) is 6.75. The van der Waals surface area contributed by atoms with Crippen LogP contribution < -0.4 is 9.47 Å². The van der Waals surface area contributed by atoms with Gasteiger partial charge in [0.25, 0.3) is 0 Å². The SMILES string of the molecule is CCC1(CC)C(O)CC1Oc1ccc(OC)cc1Br. The van der Waals surface area contributed by atoms with Crippen molar-refractivity contribution in [2.24, 2.45) is 5.41 Å². The van der Waals surface area contributed by atoms with Crippen LogP contribution in [0.25, 0.3) is 0 Å². The summed E-state index contributed by atoms with van der Waals surface area (Å²) in [5.74, 6) is 1.61. The summed E-state index contributed by atoms with van der Waals surface area (Å²) in [5.41, 5.74) is -0.0978. The first-order valence-corrected chi connectivity index (χ1v) is 7.55. The molecule has 19 heavy (non-hydrogen) atoms. The second-order valence-electron chi connectivity index (χ2n) is 5.09. The molecule has 1 aromatic carbocycles. The molecule has 1 fully saturated rings. The Hall–Kier alpha value is -0.740. The van der Waals surface area contributed by atoms with E-state index in [1.165, 1.54) is 0 Å². The number of ether oxygens (including phenoxy) is 2. The monoisotopic (exact) mass is 328 g/mol. The van der Waals surface area contributed by atoms with Crippen molar-refractivity contribution in [2.75, 3.05) is 7.11 Å². The van der Waals surface area contributed by atoms with E-state index < -0.39 is 0 Å². The molecule has 3 nitrogen and oxygen atoms in total. The lowest BCUT2D eigenvalue weighted by atomic mass is 9.60. The third-order valence-corrected chi connectivity index (χ3v) is 5.09. The minimum absolute atomic E-state index is 0.0854. The van der Waals surface area contributed by atoms with E-state index >= 15 is 0 Å². The molecule has 0 radical (unpaired) electrons. The summed E-state index contributed by atoms with van der Waals surface area (Å²) in [4.78, 5) is 0. The fourth-order valence-electron chi connectivity index (χ4n) is 2.93. The molecule has 0 aliphatic heterocycles. The molecule has 1 saturated carbocycles. The molecule has 1 N–H and O–H groups in total. The predicted octanol–water partition coefficient (Wildman–Crippen LogP) is 3.78. The van der Waals surface area contributed by atoms with Crippen molar-refractivity contribution >= 4 is 15.9 Å². The van der Waals surface area contributed by atoms with Gasteiger partial charge in [-0.25, -0.2) is 0 Å². The zero-order valence-corrected chi connectivity index (χ0v) is 13.2. The Bertz CT molecular complexity index is 443. The number of hydrogen-bond donors (Lipinski definition) is 1. The summed E-state index contributed by atoms with van der Waals surface area (Å²) in [6.45, 7) is 4.23. The molecule has 0 bridgehead atoms. The van der Waals surface area contributed by atoms with Crippen LogP contribution in [0.3, 0.4) is 0 Å². The molecule has 0 saturated heterocycles. The molecular weight excluding hydrogens is 308 g/mol. The Morgan fingerprint density at radius 1 is 1.37 bits per heavy atom. The van der Waals surface area contributed by atoms with E-state index in [2.05, 4.69) is 29.8 Å². The van der Waals surface area contributed by atoms with Crippen molar-refractivity contribution in [1.82, 2.24) is 0 Å². The Morgan fingerprint density at radius 2 is 2.05 bits per heavy atom. The molecule has 0 heterocycles. The minimum Gasteiger partial charge on any atom is -0.497 e. The molecule has 1 aliphatic rings. The molecule has 2 unspecified atom stereocenters. The second-order valence-corrected chi connectivity index (χ2v) is 5.95. The first kappa shape index (κ1) is 14.7. The maximum absolute atomic E-state index is 10.0. The van der Waals surface area contributed by atoms with Crippen LogP contribution in [0, 0.1) is 5.41 Å². The molecule has 1 aromatic rings. The van der Waals surface area contributed by atoms with Gasteiger partial charge < -0.3 is 14.6 Å². The third kappa shape index (κ3) is 2.48. The average molecular weight is 329 g/mol. The van der Waals surface area contributed by atoms with Gasteiger partial charge in [0.1, 0.15) is 17.6 Å². The largest absolute Gasteiger partial charge is 0.497 e. The van der Waals surface area contributed by atoms with Gasteiger partial charge in [-0.3, -0.25) is 0 Å². The second kappa shape index (κ2) is 5.71. The highest BCUT2D eigenvalue weighted by Crippen LogP contribution is 2.49. The maximum atomic E-state index is 10.0. The predicted molar refractivity (Wildman–Crippen MR) is 78.7 cm³/mol. The standard InChI is InChI=1S/C15H21BrO3/c1-4-15(5-2)13(17)9-14(15)19-12-7-6-10(18-3)8-11(12)16/h6-8,13-14,17H,4-5,9H2,1-3H3. The topological polar surface area (TPSA) is 38.7 Å². The quantitative estimate of drug-likeness (QED) is 0.894. The van der Waals surface area contributed by atoms with Gasteiger partial charge in [0.15, 0.2) is 0 Å². The molecule has 2 atom stereocenters. The zero-order chi connectivity index (χ0) is 14.0. The van der Waals surface area contributed by atoms with Gasteiger partial charge in [-0.05, 0) is 47.0 Å². The van der Waals surface area contributed by atoms with E-state index in [0.29, 0.717) is 6.42 Å². The summed E-state index contributed by atoms with van der Waals surface area (Å²) in [7, 11) is 1.64. The van der Waals surface area contributed by atoms with Gasteiger partial charge in [0.2, 0.25) is 0 Å². The fraction of sp³-hybridized carbons (Fsp3) is 0.600. The lowest BCUT2D eigenvalue weighted by Crippen LogP contribution is -2.59. The first-order chi connectivity index (χ1) is 9.07. The Kier molecular flexibility index (Phi) is 4.41. The molecule has 106 valence electrons. The summed E-state index contributed by atoms with van der Waals surface area (Å²) < 4.78 is 12.1. The molecule has 2 rings (SSSR count). The van der Waals surface area contributed by atoms with E-state index in [1.54, 1.807) is 7.11 Å². The van der Waals surface area contributed by atoms with Gasteiger partial charge in [-0.2, -0.15) is 0 Å². The third-order valence-electron chi connectivity index (χ3n) is 4.47. The highest BCUT2D eigenvalue weighted by Gasteiger charge is 2.53. The van der Waals surface area contributed by atoms with E-state index in [-0.39, 0.29) is 17.6 Å². The van der Waals surface area contributed by atoms with Crippen LogP contribution in [0.5, 0.6) is 11.5 Å². The van der Waals surface area contributed by atoms with Gasteiger partial charge in [0, 0.05) is 11.8 Å². The number of benzene rings is 1. The number of aliphatic hydroxyl groups excluding tert-OH is 1. The summed E-state index contributed by atoms with van der Waals surface area (Å²) in [6, 6.07) is 5.68. The van der Waals surface area contributed by atoms with E-state index in [4.69, 9.17) is 9.47 Å². The summed E-state index contributed by atoms with van der Waals surface area (Å²) in [5, 5.41) is 10.0. The number of aliphatic hydroxyl groups is 1. The molecule has 0 aromatic heterocycles. The molecule has 0 spiro atoms. The Labute approximate surface area is 123 Å². The summed E-state index contributed by atoms with van der Waals surface area (Å²) in [6.07, 6.45) is 2.42. The lowest BCUT2D eigenvalue weighted by molar-refractivity contribution is -0.159. The van der Waals surface area contributed by atoms with Crippen LogP contribution in [0.15, 0.2) is 22.7 Å². The van der Waals surface area contributed by atoms with Gasteiger partial charge in [-0.15, -0.1) is 0 Å². The van der Waals surface area contributed by atoms with E-state index in [1.807, 2.05) is 18.2 Å². The highest BCUT2D eigenvalue weighted by molar-refractivity contribution is 9.10. The van der Waals surface area contributed by atoms with Crippen LogP contribution in [-0.4, -0.2) is 24.4 Å². The number of hydrogen-bond acceptors (Lipinski definition) is 3. The summed E-state index contributed by atoms with van der Waals surface area (Å²) >= 11 is 3.50. The van der Waals surface area contributed by atoms with Crippen LogP contribution in [0.4, 0.5) is 0 Å². The van der Waals surface area contributed by atoms with Crippen molar-refractivity contribution < 1.29 is 14.6 Å². The van der Waals surface area contributed by atoms with Crippen molar-refractivity contribution in [3.8, 4) is 11.5 Å². The van der Waals surface area contributed by atoms with E-state index in [0.717, 1.165) is 28.8 Å². The van der Waals surface area contributed by atoms with Crippen LogP contribution in [0.2, 0.25) is 0 Å². The molecule has 0 amide bonds. The van der Waals surface area contributed by atoms with Gasteiger partial charge >= 0.3 is 0 Å². The van der Waals surface area contributed by atoms with Crippen molar-refractivity contribution in [2.45, 2.75) is 45.3 Å². The molecular formula is C15H21BrO3. The van der Waals surface area contributed by atoms with E-state index in [9.17, 15) is 5.11 Å². The van der Waals surface area contributed by atoms with Crippen molar-refractivity contribution in [1.29, 1.82) is 0 Å². The normalized spacial score (nSPS) is 24.7. The van der Waals surface area contributed by atoms with Gasteiger partial charge in [0.05, 0.1) is 17.7 Å². The maximum Gasteiger partial charge on any atom is 0.134 e. The van der Waals surface area contributed by atoms with Crippen molar-refractivity contribution in [3.05, 3.63) is 22.7 Å². The van der Waals surface area contributed by atoms with Crippen LogP contribution in [0.1, 0.15) is 33.1 Å². The number of methoxy groups -OCH3 is 1. The van der Waals surface area contributed by atoms with Crippen molar-refractivity contribution in [3.63, 3.8) is 0 Å². The van der Waals surface area contributed by atoms with Crippen LogP contribution in [-0.2, 0) is 0 Å².